The van der Waals surface area contributed by atoms with Gasteiger partial charge in [-0.3, -0.25) is 13.6 Å². The minimum atomic E-state index is -0.359. The predicted octanol–water partition coefficient (Wildman–Crippen LogP) is 6.17. The van der Waals surface area contributed by atoms with Crippen molar-refractivity contribution >= 4 is 35.1 Å². The number of halogens is 1. The lowest BCUT2D eigenvalue weighted by atomic mass is 10.0. The van der Waals surface area contributed by atoms with Crippen molar-refractivity contribution in [3.63, 3.8) is 0 Å². The molecule has 2 aromatic rings. The van der Waals surface area contributed by atoms with Crippen LogP contribution in [0, 0.1) is 0 Å². The fraction of sp³-hybridized carbons (Fsp3) is 0.560. The first-order valence-corrected chi connectivity index (χ1v) is 12.9. The number of likely N-dealkylation sites (N-methyl/N-ethyl adjacent to an activating group) is 1. The number of ether oxygens (including phenoxy) is 2. The molecule has 0 aliphatic carbocycles. The average Bonchev–Trinajstić information content (AvgIpc) is 3.32. The summed E-state index contributed by atoms with van der Waals surface area (Å²) >= 11 is 5.69. The summed E-state index contributed by atoms with van der Waals surface area (Å²) in [7, 11) is 3.54. The molecular formula is C25H37ClN3O4S+. The predicted molar refractivity (Wildman–Crippen MR) is 136 cm³/mol. The first-order chi connectivity index (χ1) is 16.5. The van der Waals surface area contributed by atoms with Crippen molar-refractivity contribution in [3.8, 4) is 5.88 Å². The number of aromatic nitrogens is 2. The second-order valence-electron chi connectivity index (χ2n) is 8.47. The zero-order valence-corrected chi connectivity index (χ0v) is 22.2. The van der Waals surface area contributed by atoms with E-state index in [1.807, 2.05) is 37.3 Å². The molecule has 2 atom stereocenters. The number of esters is 1. The summed E-state index contributed by atoms with van der Waals surface area (Å²) < 4.78 is 25.2. The van der Waals surface area contributed by atoms with E-state index >= 15 is 0 Å². The summed E-state index contributed by atoms with van der Waals surface area (Å²) in [6.45, 7) is 6.28. The maximum Gasteiger partial charge on any atom is 0.310 e. The van der Waals surface area contributed by atoms with Gasteiger partial charge in [-0.1, -0.05) is 57.4 Å². The molecule has 2 heterocycles. The van der Waals surface area contributed by atoms with Gasteiger partial charge in [0.2, 0.25) is 0 Å². The van der Waals surface area contributed by atoms with Crippen molar-refractivity contribution in [1.29, 1.82) is 0 Å². The van der Waals surface area contributed by atoms with Gasteiger partial charge in [0.25, 0.3) is 12.1 Å². The Kier molecular flexibility index (Phi) is 12.5. The lowest BCUT2D eigenvalue weighted by Gasteiger charge is -2.42. The van der Waals surface area contributed by atoms with Crippen LogP contribution in [-0.2, 0) is 13.8 Å². The number of carbonyl (C=O) groups excluding carboxylic acids is 1. The highest BCUT2D eigenvalue weighted by Gasteiger charge is 2.40. The molecule has 1 aliphatic heterocycles. The van der Waals surface area contributed by atoms with Crippen LogP contribution in [0.15, 0.2) is 36.4 Å². The van der Waals surface area contributed by atoms with E-state index in [-0.39, 0.29) is 12.2 Å². The number of hydrogen-bond acceptors (Lipinski definition) is 7. The summed E-state index contributed by atoms with van der Waals surface area (Å²) in [5.41, 5.74) is 2.95. The summed E-state index contributed by atoms with van der Waals surface area (Å²) in [5.74, 6) is 0.443. The van der Waals surface area contributed by atoms with E-state index in [1.165, 1.54) is 38.1 Å². The molecule has 0 amide bonds. The van der Waals surface area contributed by atoms with Crippen LogP contribution in [0.2, 0.25) is 0 Å². The second-order valence-corrected chi connectivity index (χ2v) is 9.30. The highest BCUT2D eigenvalue weighted by atomic mass is 35.5. The fourth-order valence-electron chi connectivity index (χ4n) is 3.99. The van der Waals surface area contributed by atoms with E-state index in [9.17, 15) is 4.79 Å². The highest BCUT2D eigenvalue weighted by molar-refractivity contribution is 6.99. The van der Waals surface area contributed by atoms with Gasteiger partial charge >= 0.3 is 5.97 Å². The molecule has 1 aromatic heterocycles. The van der Waals surface area contributed by atoms with Crippen LogP contribution in [0.1, 0.15) is 69.9 Å². The Morgan fingerprint density at radius 2 is 1.91 bits per heavy atom. The lowest BCUT2D eigenvalue weighted by molar-refractivity contribution is -0.953. The number of rotatable bonds is 11. The molecule has 3 rings (SSSR count). The molecule has 1 aromatic carbocycles. The molecule has 0 radical (unpaired) electrons. The SMILES string of the molecule is CCCCCCOc1nsnc1C1=CCC[N+](C)(C(OC(=O)CC)c2ccccc2)C1.COCl. The van der Waals surface area contributed by atoms with Crippen molar-refractivity contribution < 1.29 is 23.0 Å². The van der Waals surface area contributed by atoms with E-state index in [2.05, 4.69) is 44.9 Å². The highest BCUT2D eigenvalue weighted by Crippen LogP contribution is 2.37. The summed E-state index contributed by atoms with van der Waals surface area (Å²) in [6.07, 6.45) is 7.74. The Hall–Kier alpha value is -2.00. The molecule has 0 saturated heterocycles. The molecule has 9 heteroatoms. The van der Waals surface area contributed by atoms with Crippen LogP contribution >= 0.6 is 23.6 Å². The third kappa shape index (κ3) is 8.34. The first kappa shape index (κ1) is 28.2. The molecule has 34 heavy (non-hydrogen) atoms. The molecule has 7 nitrogen and oxygen atoms in total. The van der Waals surface area contributed by atoms with Gasteiger partial charge in [-0.05, 0) is 18.6 Å². The number of quaternary nitrogens is 1. The third-order valence-electron chi connectivity index (χ3n) is 5.74. The second kappa shape index (κ2) is 15.1. The zero-order valence-electron chi connectivity index (χ0n) is 20.7. The lowest BCUT2D eigenvalue weighted by Crippen LogP contribution is -2.51. The largest absolute Gasteiger partial charge is 0.475 e. The number of carbonyl (C=O) groups is 1. The number of hydrogen-bond donors (Lipinski definition) is 0. The molecular weight excluding hydrogens is 474 g/mol. The first-order valence-electron chi connectivity index (χ1n) is 11.9. The van der Waals surface area contributed by atoms with E-state index in [0.717, 1.165) is 36.2 Å². The Morgan fingerprint density at radius 1 is 1.18 bits per heavy atom. The van der Waals surface area contributed by atoms with Crippen molar-refractivity contribution in [2.75, 3.05) is 33.9 Å². The number of nitrogens with zero attached hydrogens (tertiary/aromatic N) is 3. The molecule has 1 aliphatic rings. The molecule has 0 N–H and O–H groups in total. The van der Waals surface area contributed by atoms with Crippen LogP contribution in [0.25, 0.3) is 5.57 Å². The Labute approximate surface area is 212 Å². The average molecular weight is 511 g/mol. The van der Waals surface area contributed by atoms with E-state index < -0.39 is 0 Å². The normalized spacial score (nSPS) is 18.3. The molecule has 2 unspecified atom stereocenters. The minimum Gasteiger partial charge on any atom is -0.475 e. The van der Waals surface area contributed by atoms with Crippen molar-refractivity contribution in [1.82, 2.24) is 8.75 Å². The van der Waals surface area contributed by atoms with Gasteiger partial charge in [0.05, 0.1) is 56.5 Å². The standard InChI is InChI=1S/C24H34N3O3S.CH3ClO/c1-4-6-7-11-17-29-23-22(25-31-26-23)20-15-12-16-27(3,18-20)24(30-21(28)5-2)19-13-9-8-10-14-19;1-3-2/h8-10,13-15,24H,4-7,11-12,16-18H2,1-3H3;1H3/q+1;. The third-order valence-corrected chi connectivity index (χ3v) is 6.26. The van der Waals surface area contributed by atoms with Gasteiger partial charge in [-0.2, -0.15) is 4.37 Å². The molecule has 0 saturated carbocycles. The van der Waals surface area contributed by atoms with Crippen molar-refractivity contribution in [2.45, 2.75) is 58.6 Å². The Bertz CT molecular complexity index is 893. The van der Waals surface area contributed by atoms with Crippen LogP contribution in [0.3, 0.4) is 0 Å². The maximum atomic E-state index is 12.3. The Balaban J connectivity index is 0.00000129. The van der Waals surface area contributed by atoms with Crippen molar-refractivity contribution in [2.24, 2.45) is 0 Å². The smallest absolute Gasteiger partial charge is 0.310 e. The van der Waals surface area contributed by atoms with E-state index in [0.29, 0.717) is 29.9 Å². The Morgan fingerprint density at radius 3 is 2.59 bits per heavy atom. The van der Waals surface area contributed by atoms with Gasteiger partial charge in [-0.25, -0.2) is 0 Å². The molecule has 0 spiro atoms. The molecule has 0 bridgehead atoms. The van der Waals surface area contributed by atoms with Crippen LogP contribution < -0.4 is 4.74 Å². The summed E-state index contributed by atoms with van der Waals surface area (Å²) in [6, 6.07) is 10.0. The summed E-state index contributed by atoms with van der Waals surface area (Å²) in [4.78, 5) is 12.3. The van der Waals surface area contributed by atoms with Gasteiger partial charge in [0.1, 0.15) is 12.2 Å². The van der Waals surface area contributed by atoms with E-state index in [1.54, 1.807) is 0 Å². The quantitative estimate of drug-likeness (QED) is 0.204. The summed E-state index contributed by atoms with van der Waals surface area (Å²) in [5, 5.41) is 0. The van der Waals surface area contributed by atoms with Gasteiger partial charge < -0.3 is 9.47 Å². The van der Waals surface area contributed by atoms with Crippen LogP contribution in [0.5, 0.6) is 5.88 Å². The van der Waals surface area contributed by atoms with Gasteiger partial charge in [0, 0.05) is 18.4 Å². The molecule has 0 fully saturated rings. The topological polar surface area (TPSA) is 70.5 Å². The molecule has 188 valence electrons. The fourth-order valence-corrected chi connectivity index (χ4v) is 4.52. The number of benzene rings is 1. The zero-order chi connectivity index (χ0) is 24.8. The van der Waals surface area contributed by atoms with E-state index in [4.69, 9.17) is 9.47 Å². The monoisotopic (exact) mass is 510 g/mol. The van der Waals surface area contributed by atoms with Crippen LogP contribution in [0.4, 0.5) is 0 Å². The van der Waals surface area contributed by atoms with Gasteiger partial charge in [-0.15, -0.1) is 4.37 Å². The van der Waals surface area contributed by atoms with Crippen LogP contribution in [-0.4, -0.2) is 53.1 Å². The minimum absolute atomic E-state index is 0.185. The number of unbranched alkanes of at least 4 members (excludes halogenated alkanes) is 3. The maximum absolute atomic E-state index is 12.3. The van der Waals surface area contributed by atoms with Gasteiger partial charge in [0.15, 0.2) is 0 Å². The van der Waals surface area contributed by atoms with Crippen molar-refractivity contribution in [3.05, 3.63) is 47.7 Å².